The van der Waals surface area contributed by atoms with Gasteiger partial charge in [-0.1, -0.05) is 17.7 Å². The molecule has 1 aliphatic heterocycles. The Morgan fingerprint density at radius 1 is 1.39 bits per heavy atom. The molecule has 1 N–H and O–H groups in total. The number of fused-ring (bicyclic) bond motifs is 1. The van der Waals surface area contributed by atoms with E-state index < -0.39 is 0 Å². The van der Waals surface area contributed by atoms with Crippen molar-refractivity contribution in [3.05, 3.63) is 33.7 Å². The van der Waals surface area contributed by atoms with Crippen LogP contribution in [0.4, 0.5) is 0 Å². The van der Waals surface area contributed by atoms with Crippen molar-refractivity contribution in [1.82, 2.24) is 9.55 Å². The highest BCUT2D eigenvalue weighted by atomic mass is 35.5. The first kappa shape index (κ1) is 12.2. The lowest BCUT2D eigenvalue weighted by atomic mass is 10.0. The van der Waals surface area contributed by atoms with Crippen LogP contribution in [-0.4, -0.2) is 21.1 Å². The van der Waals surface area contributed by atoms with Gasteiger partial charge in [-0.25, -0.2) is 4.79 Å². The number of para-hydroxylation sites is 1. The zero-order chi connectivity index (χ0) is 12.5. The SMILES string of the molecule is O=c1[nH]c2cccc(Cl)c2n1CC1CCSCC1. The Morgan fingerprint density at radius 2 is 2.17 bits per heavy atom. The highest BCUT2D eigenvalue weighted by Gasteiger charge is 2.17. The van der Waals surface area contributed by atoms with Crippen molar-refractivity contribution in [2.75, 3.05) is 11.5 Å². The maximum absolute atomic E-state index is 12.0. The van der Waals surface area contributed by atoms with E-state index in [0.717, 1.165) is 17.6 Å². The molecule has 1 saturated heterocycles. The molecule has 0 spiro atoms. The Hall–Kier alpha value is -0.870. The van der Waals surface area contributed by atoms with Crippen molar-refractivity contribution in [3.8, 4) is 0 Å². The number of hydrogen-bond acceptors (Lipinski definition) is 2. The van der Waals surface area contributed by atoms with Crippen LogP contribution in [0.1, 0.15) is 12.8 Å². The lowest BCUT2D eigenvalue weighted by Crippen LogP contribution is -2.24. The summed E-state index contributed by atoms with van der Waals surface area (Å²) in [6, 6.07) is 5.60. The molecule has 0 radical (unpaired) electrons. The van der Waals surface area contributed by atoms with Gasteiger partial charge in [0.25, 0.3) is 0 Å². The number of hydrogen-bond donors (Lipinski definition) is 1. The summed E-state index contributed by atoms with van der Waals surface area (Å²) in [4.78, 5) is 14.9. The van der Waals surface area contributed by atoms with E-state index in [2.05, 4.69) is 4.98 Å². The monoisotopic (exact) mass is 282 g/mol. The van der Waals surface area contributed by atoms with Crippen LogP contribution in [0.5, 0.6) is 0 Å². The van der Waals surface area contributed by atoms with Crippen LogP contribution in [-0.2, 0) is 6.54 Å². The molecule has 0 aliphatic carbocycles. The lowest BCUT2D eigenvalue weighted by molar-refractivity contribution is 0.417. The smallest absolute Gasteiger partial charge is 0.305 e. The van der Waals surface area contributed by atoms with Gasteiger partial charge >= 0.3 is 5.69 Å². The first-order chi connectivity index (χ1) is 8.75. The largest absolute Gasteiger partial charge is 0.326 e. The molecule has 1 aromatic heterocycles. The van der Waals surface area contributed by atoms with Crippen LogP contribution in [0.3, 0.4) is 0 Å². The van der Waals surface area contributed by atoms with Gasteiger partial charge in [-0.2, -0.15) is 11.8 Å². The molecule has 96 valence electrons. The first-order valence-electron chi connectivity index (χ1n) is 6.20. The summed E-state index contributed by atoms with van der Waals surface area (Å²) >= 11 is 8.21. The van der Waals surface area contributed by atoms with Gasteiger partial charge in [0.1, 0.15) is 0 Å². The minimum atomic E-state index is -0.0451. The van der Waals surface area contributed by atoms with E-state index in [1.54, 1.807) is 4.57 Å². The molecule has 0 unspecified atom stereocenters. The number of aromatic nitrogens is 2. The summed E-state index contributed by atoms with van der Waals surface area (Å²) < 4.78 is 1.80. The molecule has 1 fully saturated rings. The normalized spacial score (nSPS) is 17.4. The van der Waals surface area contributed by atoms with Crippen LogP contribution in [0, 0.1) is 5.92 Å². The number of nitrogens with one attached hydrogen (secondary N) is 1. The van der Waals surface area contributed by atoms with Gasteiger partial charge in [0.2, 0.25) is 0 Å². The fourth-order valence-corrected chi connectivity index (χ4v) is 4.02. The standard InChI is InChI=1S/C13H15ClN2OS/c14-10-2-1-3-11-12(10)16(13(17)15-11)8-9-4-6-18-7-5-9/h1-3,9H,4-8H2,(H,15,17). The molecule has 2 heterocycles. The molecule has 0 saturated carbocycles. The van der Waals surface area contributed by atoms with Crippen molar-refractivity contribution in [3.63, 3.8) is 0 Å². The fourth-order valence-electron chi connectivity index (χ4n) is 2.54. The molecule has 0 amide bonds. The maximum atomic E-state index is 12.0. The summed E-state index contributed by atoms with van der Waals surface area (Å²) in [5.74, 6) is 3.00. The van der Waals surface area contributed by atoms with Gasteiger partial charge < -0.3 is 4.98 Å². The van der Waals surface area contributed by atoms with Crippen LogP contribution in [0.15, 0.2) is 23.0 Å². The number of thioether (sulfide) groups is 1. The minimum Gasteiger partial charge on any atom is -0.305 e. The summed E-state index contributed by atoms with van der Waals surface area (Å²) in [6.45, 7) is 0.781. The average Bonchev–Trinajstić information content (AvgIpc) is 2.69. The van der Waals surface area contributed by atoms with E-state index in [-0.39, 0.29) is 5.69 Å². The second-order valence-electron chi connectivity index (χ2n) is 4.73. The molecule has 0 atom stereocenters. The Kier molecular flexibility index (Phi) is 3.39. The summed E-state index contributed by atoms with van der Waals surface area (Å²) in [7, 11) is 0. The summed E-state index contributed by atoms with van der Waals surface area (Å²) in [5.41, 5.74) is 1.64. The Balaban J connectivity index is 2.00. The van der Waals surface area contributed by atoms with Crippen LogP contribution < -0.4 is 5.69 Å². The molecule has 18 heavy (non-hydrogen) atoms. The molecular weight excluding hydrogens is 268 g/mol. The lowest BCUT2D eigenvalue weighted by Gasteiger charge is -2.21. The predicted molar refractivity (Wildman–Crippen MR) is 77.6 cm³/mol. The summed E-state index contributed by atoms with van der Waals surface area (Å²) in [5, 5.41) is 0.649. The van der Waals surface area contributed by atoms with Gasteiger partial charge in [0, 0.05) is 6.54 Å². The first-order valence-corrected chi connectivity index (χ1v) is 7.74. The van der Waals surface area contributed by atoms with E-state index in [1.807, 2.05) is 30.0 Å². The van der Waals surface area contributed by atoms with Gasteiger partial charge in [-0.05, 0) is 42.4 Å². The molecule has 3 rings (SSSR count). The van der Waals surface area contributed by atoms with Crippen molar-refractivity contribution in [2.24, 2.45) is 5.92 Å². The van der Waals surface area contributed by atoms with Crippen molar-refractivity contribution >= 4 is 34.4 Å². The zero-order valence-electron chi connectivity index (χ0n) is 9.99. The van der Waals surface area contributed by atoms with Gasteiger partial charge in [-0.3, -0.25) is 4.57 Å². The number of aromatic amines is 1. The molecule has 2 aromatic rings. The quantitative estimate of drug-likeness (QED) is 0.919. The molecule has 1 aliphatic rings. The molecule has 1 aromatic carbocycles. The summed E-state index contributed by atoms with van der Waals surface area (Å²) in [6.07, 6.45) is 2.38. The van der Waals surface area contributed by atoms with Crippen molar-refractivity contribution in [1.29, 1.82) is 0 Å². The van der Waals surface area contributed by atoms with E-state index in [0.29, 0.717) is 10.9 Å². The highest BCUT2D eigenvalue weighted by molar-refractivity contribution is 7.99. The van der Waals surface area contributed by atoms with Crippen LogP contribution in [0.25, 0.3) is 11.0 Å². The van der Waals surface area contributed by atoms with E-state index in [1.165, 1.54) is 24.3 Å². The number of imidazole rings is 1. The van der Waals surface area contributed by atoms with E-state index in [4.69, 9.17) is 11.6 Å². The molecular formula is C13H15ClN2OS. The Labute approximate surface area is 115 Å². The third kappa shape index (κ3) is 2.19. The highest BCUT2D eigenvalue weighted by Crippen LogP contribution is 2.26. The second-order valence-corrected chi connectivity index (χ2v) is 6.36. The van der Waals surface area contributed by atoms with Crippen LogP contribution >= 0.6 is 23.4 Å². The Morgan fingerprint density at radius 3 is 2.94 bits per heavy atom. The third-order valence-electron chi connectivity index (χ3n) is 3.53. The topological polar surface area (TPSA) is 37.8 Å². The molecule has 0 bridgehead atoms. The number of nitrogens with zero attached hydrogens (tertiary/aromatic N) is 1. The molecule has 3 nitrogen and oxygen atoms in total. The predicted octanol–water partition coefficient (Wildman–Crippen LogP) is 3.13. The van der Waals surface area contributed by atoms with Crippen molar-refractivity contribution in [2.45, 2.75) is 19.4 Å². The number of benzene rings is 1. The fraction of sp³-hybridized carbons (Fsp3) is 0.462. The number of rotatable bonds is 2. The minimum absolute atomic E-state index is 0.0451. The van der Waals surface area contributed by atoms with E-state index in [9.17, 15) is 4.79 Å². The number of H-pyrrole nitrogens is 1. The van der Waals surface area contributed by atoms with Crippen molar-refractivity contribution < 1.29 is 0 Å². The Bertz CT molecular complexity index is 613. The van der Waals surface area contributed by atoms with Crippen LogP contribution in [0.2, 0.25) is 5.02 Å². The molecule has 5 heteroatoms. The van der Waals surface area contributed by atoms with E-state index >= 15 is 0 Å². The second kappa shape index (κ2) is 5.02. The van der Waals surface area contributed by atoms with Gasteiger partial charge in [0.05, 0.1) is 16.1 Å². The number of halogens is 1. The third-order valence-corrected chi connectivity index (χ3v) is 4.88. The van der Waals surface area contributed by atoms with Gasteiger partial charge in [-0.15, -0.1) is 0 Å². The average molecular weight is 283 g/mol. The maximum Gasteiger partial charge on any atom is 0.326 e. The zero-order valence-corrected chi connectivity index (χ0v) is 11.6. The van der Waals surface area contributed by atoms with Gasteiger partial charge in [0.15, 0.2) is 0 Å².